The molecular formula is C15H21N3O. The van der Waals surface area contributed by atoms with Crippen molar-refractivity contribution in [1.82, 2.24) is 10.6 Å². The summed E-state index contributed by atoms with van der Waals surface area (Å²) in [6.07, 6.45) is 0.637. The highest BCUT2D eigenvalue weighted by molar-refractivity contribution is 6.07. The highest BCUT2D eigenvalue weighted by Gasteiger charge is 2.44. The van der Waals surface area contributed by atoms with Crippen LogP contribution in [0.2, 0.25) is 0 Å². The third kappa shape index (κ3) is 2.62. The third-order valence-electron chi connectivity index (χ3n) is 3.17. The van der Waals surface area contributed by atoms with Crippen LogP contribution in [-0.4, -0.2) is 17.4 Å². The van der Waals surface area contributed by atoms with Gasteiger partial charge in [0.15, 0.2) is 11.5 Å². The van der Waals surface area contributed by atoms with E-state index in [9.17, 15) is 4.79 Å². The van der Waals surface area contributed by atoms with Crippen LogP contribution in [0.15, 0.2) is 35.3 Å². The molecule has 0 saturated heterocycles. The number of benzene rings is 1. The molecule has 0 fully saturated rings. The Morgan fingerprint density at radius 3 is 2.42 bits per heavy atom. The Morgan fingerprint density at radius 1 is 1.26 bits per heavy atom. The molecule has 0 aromatic heterocycles. The lowest BCUT2D eigenvalue weighted by atomic mass is 9.88. The van der Waals surface area contributed by atoms with Crippen molar-refractivity contribution in [3.05, 3.63) is 35.9 Å². The smallest absolute Gasteiger partial charge is 0.259 e. The van der Waals surface area contributed by atoms with Crippen LogP contribution in [0.25, 0.3) is 0 Å². The van der Waals surface area contributed by atoms with Gasteiger partial charge in [-0.2, -0.15) is 0 Å². The highest BCUT2D eigenvalue weighted by Crippen LogP contribution is 2.32. The molecule has 0 radical (unpaired) electrons. The maximum absolute atomic E-state index is 12.4. The molecule has 0 aliphatic carbocycles. The number of rotatable bonds is 2. The normalized spacial score (nSPS) is 22.9. The molecule has 1 unspecified atom stereocenters. The molecule has 19 heavy (non-hydrogen) atoms. The Morgan fingerprint density at radius 2 is 1.89 bits per heavy atom. The van der Waals surface area contributed by atoms with Gasteiger partial charge < -0.3 is 5.32 Å². The van der Waals surface area contributed by atoms with Gasteiger partial charge in [0.2, 0.25) is 0 Å². The maximum atomic E-state index is 12.4. The van der Waals surface area contributed by atoms with E-state index < -0.39 is 5.54 Å². The number of hydrogen-bond acceptors (Lipinski definition) is 3. The lowest BCUT2D eigenvalue weighted by Gasteiger charge is -2.22. The van der Waals surface area contributed by atoms with E-state index in [2.05, 4.69) is 15.6 Å². The SMILES string of the molecule is CCC1(c2ccccc2)N=C(NC(C)(C)C)NC1=O. The molecule has 1 aromatic rings. The second kappa shape index (κ2) is 4.68. The summed E-state index contributed by atoms with van der Waals surface area (Å²) in [7, 11) is 0. The van der Waals surface area contributed by atoms with Crippen molar-refractivity contribution < 1.29 is 4.79 Å². The minimum absolute atomic E-state index is 0.0621. The Hall–Kier alpha value is -1.84. The maximum Gasteiger partial charge on any atom is 0.259 e. The zero-order valence-corrected chi connectivity index (χ0v) is 11.9. The van der Waals surface area contributed by atoms with E-state index >= 15 is 0 Å². The van der Waals surface area contributed by atoms with Crippen molar-refractivity contribution >= 4 is 11.9 Å². The first-order valence-electron chi connectivity index (χ1n) is 6.62. The number of nitrogens with zero attached hydrogens (tertiary/aromatic N) is 1. The fraction of sp³-hybridized carbons (Fsp3) is 0.467. The van der Waals surface area contributed by atoms with Crippen molar-refractivity contribution in [2.45, 2.75) is 45.2 Å². The average molecular weight is 259 g/mol. The minimum Gasteiger partial charge on any atom is -0.351 e. The van der Waals surface area contributed by atoms with Gasteiger partial charge in [0, 0.05) is 5.54 Å². The third-order valence-corrected chi connectivity index (χ3v) is 3.17. The van der Waals surface area contributed by atoms with Gasteiger partial charge in [-0.1, -0.05) is 37.3 Å². The average Bonchev–Trinajstić information content (AvgIpc) is 2.65. The molecule has 1 aliphatic heterocycles. The quantitative estimate of drug-likeness (QED) is 0.855. The summed E-state index contributed by atoms with van der Waals surface area (Å²) in [5.74, 6) is 0.496. The molecule has 102 valence electrons. The predicted octanol–water partition coefficient (Wildman–Crippen LogP) is 2.17. The molecule has 1 heterocycles. The van der Waals surface area contributed by atoms with Gasteiger partial charge in [0.25, 0.3) is 5.91 Å². The topological polar surface area (TPSA) is 53.5 Å². The molecule has 4 heteroatoms. The van der Waals surface area contributed by atoms with Gasteiger partial charge in [-0.05, 0) is 32.8 Å². The first-order valence-corrected chi connectivity index (χ1v) is 6.62. The fourth-order valence-electron chi connectivity index (χ4n) is 2.25. The van der Waals surface area contributed by atoms with Crippen molar-refractivity contribution in [2.75, 3.05) is 0 Å². The van der Waals surface area contributed by atoms with E-state index in [1.165, 1.54) is 0 Å². The van der Waals surface area contributed by atoms with Crippen molar-refractivity contribution in [1.29, 1.82) is 0 Å². The summed E-state index contributed by atoms with van der Waals surface area (Å²) in [4.78, 5) is 17.0. The molecule has 0 spiro atoms. The van der Waals surface area contributed by atoms with Gasteiger partial charge in [0.05, 0.1) is 0 Å². The predicted molar refractivity (Wildman–Crippen MR) is 76.9 cm³/mol. The van der Waals surface area contributed by atoms with Crippen molar-refractivity contribution in [3.8, 4) is 0 Å². The standard InChI is InChI=1S/C15H21N3O/c1-5-15(11-9-7-6-8-10-11)12(19)16-13(18-15)17-14(2,3)4/h6-10H,5H2,1-4H3,(H2,16,17,18,19). The largest absolute Gasteiger partial charge is 0.351 e. The molecule has 1 aliphatic rings. The van der Waals surface area contributed by atoms with Gasteiger partial charge in [-0.25, -0.2) is 4.99 Å². The van der Waals surface area contributed by atoms with Crippen LogP contribution >= 0.6 is 0 Å². The van der Waals surface area contributed by atoms with Gasteiger partial charge in [-0.3, -0.25) is 10.1 Å². The van der Waals surface area contributed by atoms with Gasteiger partial charge in [0.1, 0.15) is 0 Å². The zero-order valence-electron chi connectivity index (χ0n) is 11.9. The molecule has 0 bridgehead atoms. The van der Waals surface area contributed by atoms with E-state index in [1.807, 2.05) is 58.0 Å². The van der Waals surface area contributed by atoms with Crippen LogP contribution in [0.4, 0.5) is 0 Å². The summed E-state index contributed by atoms with van der Waals surface area (Å²) in [6.45, 7) is 8.10. The molecule has 1 aromatic carbocycles. The summed E-state index contributed by atoms with van der Waals surface area (Å²) in [5, 5.41) is 6.08. The second-order valence-corrected chi connectivity index (χ2v) is 5.87. The Bertz CT molecular complexity index is 502. The summed E-state index contributed by atoms with van der Waals surface area (Å²) < 4.78 is 0. The fourth-order valence-corrected chi connectivity index (χ4v) is 2.25. The number of nitrogens with one attached hydrogen (secondary N) is 2. The zero-order chi connectivity index (χ0) is 14.1. The summed E-state index contributed by atoms with van der Waals surface area (Å²) >= 11 is 0. The van der Waals surface area contributed by atoms with Crippen LogP contribution in [0.3, 0.4) is 0 Å². The first kappa shape index (κ1) is 13.6. The van der Waals surface area contributed by atoms with Crippen LogP contribution in [0, 0.1) is 0 Å². The van der Waals surface area contributed by atoms with Crippen molar-refractivity contribution in [3.63, 3.8) is 0 Å². The van der Waals surface area contributed by atoms with E-state index in [0.717, 1.165) is 5.56 Å². The van der Waals surface area contributed by atoms with E-state index in [4.69, 9.17) is 0 Å². The lowest BCUT2D eigenvalue weighted by Crippen LogP contribution is -2.47. The Balaban J connectivity index is 2.38. The number of aliphatic imine (C=N–C) groups is 1. The number of hydrogen-bond donors (Lipinski definition) is 2. The highest BCUT2D eigenvalue weighted by atomic mass is 16.2. The molecule has 1 amide bonds. The van der Waals surface area contributed by atoms with Crippen LogP contribution in [-0.2, 0) is 10.3 Å². The van der Waals surface area contributed by atoms with Crippen molar-refractivity contribution in [2.24, 2.45) is 4.99 Å². The molecule has 4 nitrogen and oxygen atoms in total. The number of carbonyl (C=O) groups is 1. The molecule has 1 atom stereocenters. The minimum atomic E-state index is -0.797. The second-order valence-electron chi connectivity index (χ2n) is 5.87. The number of amides is 1. The van der Waals surface area contributed by atoms with Gasteiger partial charge in [-0.15, -0.1) is 0 Å². The monoisotopic (exact) mass is 259 g/mol. The first-order chi connectivity index (χ1) is 8.87. The molecular weight excluding hydrogens is 238 g/mol. The number of carbonyl (C=O) groups excluding carboxylic acids is 1. The molecule has 2 rings (SSSR count). The lowest BCUT2D eigenvalue weighted by molar-refractivity contribution is -0.124. The van der Waals surface area contributed by atoms with Crippen LogP contribution < -0.4 is 10.6 Å². The molecule has 0 saturated carbocycles. The summed E-state index contributed by atoms with van der Waals surface area (Å²) in [6, 6.07) is 9.71. The Labute approximate surface area is 114 Å². The van der Waals surface area contributed by atoms with Gasteiger partial charge >= 0.3 is 0 Å². The van der Waals surface area contributed by atoms with Crippen LogP contribution in [0.5, 0.6) is 0 Å². The Kier molecular flexibility index (Phi) is 3.35. The van der Waals surface area contributed by atoms with E-state index in [1.54, 1.807) is 0 Å². The molecule has 2 N–H and O–H groups in total. The number of guanidine groups is 1. The van der Waals surface area contributed by atoms with Crippen LogP contribution in [0.1, 0.15) is 39.7 Å². The summed E-state index contributed by atoms with van der Waals surface area (Å²) in [5.41, 5.74) is 0.00211. The van der Waals surface area contributed by atoms with E-state index in [0.29, 0.717) is 12.4 Å². The van der Waals surface area contributed by atoms with E-state index in [-0.39, 0.29) is 11.4 Å².